The molecule has 0 spiro atoms. The van der Waals surface area contributed by atoms with Gasteiger partial charge in [0.15, 0.2) is 9.84 Å². The molecule has 72 valence electrons. The van der Waals surface area contributed by atoms with Crippen molar-refractivity contribution in [1.29, 1.82) is 0 Å². The molecule has 1 aromatic heterocycles. The van der Waals surface area contributed by atoms with E-state index in [-0.39, 0.29) is 5.75 Å². The third-order valence-electron chi connectivity index (χ3n) is 1.29. The topological polar surface area (TPSA) is 59.9 Å². The molecule has 0 aliphatic carbocycles. The summed E-state index contributed by atoms with van der Waals surface area (Å²) >= 11 is 3.23. The molecular formula is C7H9BrN2O2S. The van der Waals surface area contributed by atoms with E-state index in [1.54, 1.807) is 12.3 Å². The van der Waals surface area contributed by atoms with Gasteiger partial charge in [0.05, 0.1) is 5.69 Å². The number of hydrogen-bond donors (Lipinski definition) is 0. The van der Waals surface area contributed by atoms with E-state index >= 15 is 0 Å². The first-order valence-corrected chi connectivity index (χ1v) is 6.74. The molecule has 0 N–H and O–H groups in total. The van der Waals surface area contributed by atoms with Crippen LogP contribution in [0.5, 0.6) is 0 Å². The van der Waals surface area contributed by atoms with Crippen LogP contribution in [0.3, 0.4) is 0 Å². The van der Waals surface area contributed by atoms with Crippen LogP contribution < -0.4 is 0 Å². The van der Waals surface area contributed by atoms with Gasteiger partial charge in [-0.05, 0) is 6.07 Å². The van der Waals surface area contributed by atoms with E-state index in [1.165, 1.54) is 0 Å². The maximum absolute atomic E-state index is 10.9. The third-order valence-corrected chi connectivity index (χ3v) is 2.65. The molecule has 0 fully saturated rings. The number of nitrogens with zero attached hydrogens (tertiary/aromatic N) is 2. The molecular weight excluding hydrogens is 256 g/mol. The first-order chi connectivity index (χ1) is 6.01. The van der Waals surface area contributed by atoms with Crippen molar-refractivity contribution in [2.24, 2.45) is 0 Å². The lowest BCUT2D eigenvalue weighted by molar-refractivity contribution is 0.599. The standard InChI is InChI=1S/C7H9BrN2O2S/c1-13(11,12)5-7-9-3-2-6(4-8)10-7/h2-3H,4-5H2,1H3. The Balaban J connectivity index is 2.90. The molecule has 4 nitrogen and oxygen atoms in total. The molecule has 13 heavy (non-hydrogen) atoms. The van der Waals surface area contributed by atoms with Crippen LogP contribution in [0.1, 0.15) is 11.5 Å². The summed E-state index contributed by atoms with van der Waals surface area (Å²) in [6.07, 6.45) is 2.72. The quantitative estimate of drug-likeness (QED) is 0.762. The highest BCUT2D eigenvalue weighted by Gasteiger charge is 2.07. The van der Waals surface area contributed by atoms with E-state index in [9.17, 15) is 8.42 Å². The van der Waals surface area contributed by atoms with Crippen LogP contribution in [0.2, 0.25) is 0 Å². The molecule has 1 heterocycles. The second-order valence-corrected chi connectivity index (χ2v) is 5.37. The summed E-state index contributed by atoms with van der Waals surface area (Å²) < 4.78 is 21.8. The average molecular weight is 265 g/mol. The summed E-state index contributed by atoms with van der Waals surface area (Å²) in [6.45, 7) is 0. The second kappa shape index (κ2) is 4.15. The van der Waals surface area contributed by atoms with Crippen LogP contribution in [-0.2, 0) is 20.9 Å². The van der Waals surface area contributed by atoms with Crippen molar-refractivity contribution >= 4 is 25.8 Å². The molecule has 0 amide bonds. The van der Waals surface area contributed by atoms with Crippen molar-refractivity contribution in [3.63, 3.8) is 0 Å². The predicted molar refractivity (Wildman–Crippen MR) is 53.2 cm³/mol. The fraction of sp³-hybridized carbons (Fsp3) is 0.429. The first-order valence-electron chi connectivity index (χ1n) is 3.56. The van der Waals surface area contributed by atoms with E-state index in [0.717, 1.165) is 11.9 Å². The molecule has 1 aromatic rings. The minimum absolute atomic E-state index is 0.103. The SMILES string of the molecule is CS(=O)(=O)Cc1nccc(CBr)n1. The first kappa shape index (κ1) is 10.6. The molecule has 0 unspecified atom stereocenters. The summed E-state index contributed by atoms with van der Waals surface area (Å²) in [4.78, 5) is 7.90. The van der Waals surface area contributed by atoms with Gasteiger partial charge in [-0.2, -0.15) is 0 Å². The van der Waals surface area contributed by atoms with Gasteiger partial charge in [-0.3, -0.25) is 0 Å². The van der Waals surface area contributed by atoms with E-state index in [1.807, 2.05) is 0 Å². The van der Waals surface area contributed by atoms with Gasteiger partial charge < -0.3 is 0 Å². The van der Waals surface area contributed by atoms with Gasteiger partial charge in [-0.15, -0.1) is 0 Å². The van der Waals surface area contributed by atoms with Crippen LogP contribution in [0.25, 0.3) is 0 Å². The molecule has 0 saturated heterocycles. The molecule has 0 bridgehead atoms. The minimum Gasteiger partial charge on any atom is -0.240 e. The van der Waals surface area contributed by atoms with Crippen molar-refractivity contribution in [3.8, 4) is 0 Å². The van der Waals surface area contributed by atoms with Crippen molar-refractivity contribution < 1.29 is 8.42 Å². The normalized spacial score (nSPS) is 11.5. The number of hydrogen-bond acceptors (Lipinski definition) is 4. The van der Waals surface area contributed by atoms with Crippen LogP contribution in [0.15, 0.2) is 12.3 Å². The average Bonchev–Trinajstić information content (AvgIpc) is 2.01. The van der Waals surface area contributed by atoms with Crippen LogP contribution in [0.4, 0.5) is 0 Å². The number of rotatable bonds is 3. The molecule has 0 aromatic carbocycles. The van der Waals surface area contributed by atoms with E-state index in [0.29, 0.717) is 11.2 Å². The maximum atomic E-state index is 10.9. The van der Waals surface area contributed by atoms with E-state index in [4.69, 9.17) is 0 Å². The monoisotopic (exact) mass is 264 g/mol. The summed E-state index contributed by atoms with van der Waals surface area (Å²) in [5.74, 6) is 0.243. The van der Waals surface area contributed by atoms with Crippen LogP contribution in [-0.4, -0.2) is 24.6 Å². The van der Waals surface area contributed by atoms with Gasteiger partial charge in [0.25, 0.3) is 0 Å². The Labute approximate surface area is 85.5 Å². The molecule has 0 aliphatic rings. The van der Waals surface area contributed by atoms with Crippen molar-refractivity contribution in [2.75, 3.05) is 6.26 Å². The lowest BCUT2D eigenvalue weighted by atomic mass is 10.4. The molecule has 0 saturated carbocycles. The Morgan fingerprint density at radius 1 is 1.54 bits per heavy atom. The van der Waals surface area contributed by atoms with Crippen molar-refractivity contribution in [3.05, 3.63) is 23.8 Å². The largest absolute Gasteiger partial charge is 0.240 e. The smallest absolute Gasteiger partial charge is 0.154 e. The summed E-state index contributed by atoms with van der Waals surface area (Å²) in [5, 5.41) is 0.603. The van der Waals surface area contributed by atoms with E-state index in [2.05, 4.69) is 25.9 Å². The van der Waals surface area contributed by atoms with Crippen LogP contribution >= 0.6 is 15.9 Å². The van der Waals surface area contributed by atoms with Gasteiger partial charge in [0.2, 0.25) is 0 Å². The van der Waals surface area contributed by atoms with Gasteiger partial charge in [-0.1, -0.05) is 15.9 Å². The summed E-state index contributed by atoms with van der Waals surface area (Å²) in [5.41, 5.74) is 0.786. The maximum Gasteiger partial charge on any atom is 0.154 e. The lowest BCUT2D eigenvalue weighted by Crippen LogP contribution is -2.05. The third kappa shape index (κ3) is 3.82. The number of halogens is 1. The summed E-state index contributed by atoms with van der Waals surface area (Å²) in [6, 6.07) is 1.74. The zero-order valence-electron chi connectivity index (χ0n) is 7.07. The van der Waals surface area contributed by atoms with Gasteiger partial charge >= 0.3 is 0 Å². The fourth-order valence-electron chi connectivity index (χ4n) is 0.820. The zero-order valence-corrected chi connectivity index (χ0v) is 9.47. The van der Waals surface area contributed by atoms with E-state index < -0.39 is 9.84 Å². The summed E-state index contributed by atoms with van der Waals surface area (Å²) in [7, 11) is -3.04. The Bertz CT molecular complexity index is 391. The Morgan fingerprint density at radius 3 is 2.77 bits per heavy atom. The Morgan fingerprint density at radius 2 is 2.23 bits per heavy atom. The van der Waals surface area contributed by atoms with Gasteiger partial charge in [0.1, 0.15) is 11.6 Å². The van der Waals surface area contributed by atoms with Crippen molar-refractivity contribution in [1.82, 2.24) is 9.97 Å². The number of aromatic nitrogens is 2. The molecule has 1 rings (SSSR count). The van der Waals surface area contributed by atoms with Crippen LogP contribution in [0, 0.1) is 0 Å². The molecule has 0 atom stereocenters. The molecule has 0 aliphatic heterocycles. The highest BCUT2D eigenvalue weighted by molar-refractivity contribution is 9.08. The highest BCUT2D eigenvalue weighted by Crippen LogP contribution is 2.03. The molecule has 0 radical (unpaired) electrons. The fourth-order valence-corrected chi connectivity index (χ4v) is 1.74. The predicted octanol–water partition coefficient (Wildman–Crippen LogP) is 0.916. The number of sulfone groups is 1. The Kier molecular flexibility index (Phi) is 3.38. The lowest BCUT2D eigenvalue weighted by Gasteiger charge is -1.99. The highest BCUT2D eigenvalue weighted by atomic mass is 79.9. The molecule has 6 heteroatoms. The van der Waals surface area contributed by atoms with Gasteiger partial charge in [0, 0.05) is 17.8 Å². The van der Waals surface area contributed by atoms with Gasteiger partial charge in [-0.25, -0.2) is 18.4 Å². The second-order valence-electron chi connectivity index (χ2n) is 2.67. The Hall–Kier alpha value is -0.490. The number of alkyl halides is 1. The minimum atomic E-state index is -3.04. The zero-order chi connectivity index (χ0) is 9.90. The van der Waals surface area contributed by atoms with Crippen molar-refractivity contribution in [2.45, 2.75) is 11.1 Å².